The molecule has 0 saturated heterocycles. The smallest absolute Gasteiger partial charge is 0.324 e. The summed E-state index contributed by atoms with van der Waals surface area (Å²) in [6, 6.07) is 13.4. The van der Waals surface area contributed by atoms with Gasteiger partial charge in [-0.25, -0.2) is 0 Å². The Morgan fingerprint density at radius 1 is 1.00 bits per heavy atom. The first-order valence-corrected chi connectivity index (χ1v) is 11.4. The number of ether oxygens (including phenoxy) is 2. The summed E-state index contributed by atoms with van der Waals surface area (Å²) in [6.07, 6.45) is 0.901. The lowest BCUT2D eigenvalue weighted by molar-refractivity contribution is -0.161. The largest absolute Gasteiger partial charge is 0.460 e. The lowest BCUT2D eigenvalue weighted by Gasteiger charge is -2.26. The molecule has 0 fully saturated rings. The molecule has 2 aromatic carbocycles. The maximum atomic E-state index is 13.0. The average Bonchev–Trinajstić information content (AvgIpc) is 2.65. The van der Waals surface area contributed by atoms with Crippen molar-refractivity contribution in [1.82, 2.24) is 0 Å². The van der Waals surface area contributed by atoms with Crippen LogP contribution in [0.5, 0.6) is 5.75 Å². The molecule has 0 spiro atoms. The fourth-order valence-corrected chi connectivity index (χ4v) is 3.20. The van der Waals surface area contributed by atoms with Crippen molar-refractivity contribution >= 4 is 22.1 Å². The van der Waals surface area contributed by atoms with Crippen molar-refractivity contribution in [1.29, 1.82) is 0 Å². The molecule has 0 aromatic heterocycles. The van der Waals surface area contributed by atoms with Crippen LogP contribution in [0.4, 0.5) is 0 Å². The van der Waals surface area contributed by atoms with Crippen LogP contribution in [-0.2, 0) is 35.8 Å². The third kappa shape index (κ3) is 8.03. The number of esters is 2. The first-order chi connectivity index (χ1) is 14.4. The van der Waals surface area contributed by atoms with E-state index in [1.54, 1.807) is 45.0 Å². The Kier molecular flexibility index (Phi) is 7.80. The lowest BCUT2D eigenvalue weighted by Crippen LogP contribution is -2.44. The van der Waals surface area contributed by atoms with E-state index in [2.05, 4.69) is 0 Å². The maximum absolute atomic E-state index is 13.0. The Morgan fingerprint density at radius 2 is 1.65 bits per heavy atom. The number of carbonyl (C=O) groups is 2. The van der Waals surface area contributed by atoms with E-state index in [1.807, 2.05) is 6.07 Å². The molecule has 2 aromatic rings. The third-order valence-corrected chi connectivity index (χ3v) is 4.48. The summed E-state index contributed by atoms with van der Waals surface area (Å²) in [6.45, 7) is 5.03. The van der Waals surface area contributed by atoms with Gasteiger partial charge in [-0.15, -0.1) is 0 Å². The van der Waals surface area contributed by atoms with E-state index in [0.29, 0.717) is 0 Å². The quantitative estimate of drug-likeness (QED) is 0.482. The Balaban J connectivity index is 2.34. The Bertz CT molecular complexity index is 1010. The first kappa shape index (κ1) is 24.4. The van der Waals surface area contributed by atoms with Crippen LogP contribution in [-0.4, -0.2) is 38.3 Å². The fourth-order valence-electron chi connectivity index (χ4n) is 2.75. The van der Waals surface area contributed by atoms with E-state index >= 15 is 0 Å². The van der Waals surface area contributed by atoms with Gasteiger partial charge in [-0.2, -0.15) is 8.42 Å². The van der Waals surface area contributed by atoms with E-state index in [-0.39, 0.29) is 17.9 Å². The van der Waals surface area contributed by atoms with Crippen LogP contribution >= 0.6 is 0 Å². The molecule has 31 heavy (non-hydrogen) atoms. The number of hydrogen-bond donors (Lipinski definition) is 1. The summed E-state index contributed by atoms with van der Waals surface area (Å²) in [5.74, 6) is -2.79. The molecule has 168 valence electrons. The third-order valence-electron chi connectivity index (χ3n) is 3.98. The summed E-state index contributed by atoms with van der Waals surface area (Å²) in [4.78, 5) is 25.5. The highest BCUT2D eigenvalue weighted by atomic mass is 32.2. The second-order valence-electron chi connectivity index (χ2n) is 7.99. The van der Waals surface area contributed by atoms with Gasteiger partial charge in [0.2, 0.25) is 0 Å². The minimum Gasteiger partial charge on any atom is -0.460 e. The van der Waals surface area contributed by atoms with Crippen molar-refractivity contribution in [3.05, 3.63) is 65.7 Å². The molecule has 9 heteroatoms. The molecule has 0 aliphatic rings. The number of benzene rings is 2. The predicted octanol–water partition coefficient (Wildman–Crippen LogP) is 2.52. The van der Waals surface area contributed by atoms with Gasteiger partial charge >= 0.3 is 22.1 Å². The second kappa shape index (κ2) is 9.93. The molecule has 0 aliphatic carbocycles. The topological polar surface area (TPSA) is 122 Å². The zero-order valence-corrected chi connectivity index (χ0v) is 18.7. The number of carbonyl (C=O) groups excluding carboxylic acids is 2. The lowest BCUT2D eigenvalue weighted by atomic mass is 9.91. The van der Waals surface area contributed by atoms with E-state index < -0.39 is 39.6 Å². The van der Waals surface area contributed by atoms with Gasteiger partial charge in [0, 0.05) is 0 Å². The van der Waals surface area contributed by atoms with Crippen LogP contribution in [0, 0.1) is 0 Å². The minimum atomic E-state index is -3.79. The van der Waals surface area contributed by atoms with Crippen molar-refractivity contribution in [3.63, 3.8) is 0 Å². The van der Waals surface area contributed by atoms with E-state index in [0.717, 1.165) is 11.8 Å². The molecular weight excluding hydrogens is 422 g/mol. The van der Waals surface area contributed by atoms with E-state index in [4.69, 9.17) is 19.4 Å². The second-order valence-corrected chi connectivity index (χ2v) is 9.57. The maximum Gasteiger partial charge on any atom is 0.324 e. The summed E-state index contributed by atoms with van der Waals surface area (Å²) in [5, 5.41) is 0. The molecule has 8 nitrogen and oxygen atoms in total. The number of rotatable bonds is 8. The first-order valence-electron chi connectivity index (χ1n) is 9.54. The van der Waals surface area contributed by atoms with Gasteiger partial charge in [0.25, 0.3) is 0 Å². The van der Waals surface area contributed by atoms with Gasteiger partial charge in [-0.05, 0) is 44.0 Å². The number of hydrogen-bond acceptors (Lipinski definition) is 8. The van der Waals surface area contributed by atoms with Crippen molar-refractivity contribution in [2.24, 2.45) is 5.73 Å². The van der Waals surface area contributed by atoms with Crippen molar-refractivity contribution in [3.8, 4) is 5.75 Å². The molecule has 2 N–H and O–H groups in total. The van der Waals surface area contributed by atoms with Gasteiger partial charge in [0.05, 0.1) is 6.26 Å². The Labute approximate surface area is 182 Å². The highest BCUT2D eigenvalue weighted by Crippen LogP contribution is 2.27. The molecule has 0 saturated carbocycles. The van der Waals surface area contributed by atoms with Crippen molar-refractivity contribution < 1.29 is 31.7 Å². The molecule has 2 atom stereocenters. The fraction of sp³-hybridized carbons (Fsp3) is 0.364. The summed E-state index contributed by atoms with van der Waals surface area (Å²) in [5.41, 5.74) is 6.32. The number of nitrogens with two attached hydrogens (primary N) is 1. The normalized spacial score (nSPS) is 13.7. The van der Waals surface area contributed by atoms with Gasteiger partial charge in [0.15, 0.2) is 0 Å². The van der Waals surface area contributed by atoms with Gasteiger partial charge in [-0.1, -0.05) is 42.5 Å². The minimum absolute atomic E-state index is 0.0164. The highest BCUT2D eigenvalue weighted by molar-refractivity contribution is 7.86. The SMILES string of the molecule is CC(C)(C)OC(=O)C(N)C(C(=O)OCc1ccccc1)c1cccc(OS(C)(=O)=O)c1. The summed E-state index contributed by atoms with van der Waals surface area (Å²) >= 11 is 0. The molecule has 0 amide bonds. The molecule has 0 aliphatic heterocycles. The molecule has 0 radical (unpaired) electrons. The zero-order valence-electron chi connectivity index (χ0n) is 17.9. The van der Waals surface area contributed by atoms with Crippen LogP contribution in [0.15, 0.2) is 54.6 Å². The van der Waals surface area contributed by atoms with Gasteiger partial charge in [0.1, 0.15) is 29.9 Å². The molecule has 0 heterocycles. The Morgan fingerprint density at radius 3 is 2.23 bits per heavy atom. The monoisotopic (exact) mass is 449 g/mol. The predicted molar refractivity (Wildman–Crippen MR) is 115 cm³/mol. The van der Waals surface area contributed by atoms with E-state index in [1.165, 1.54) is 24.3 Å². The Hall–Kier alpha value is -2.91. The van der Waals surface area contributed by atoms with Gasteiger partial charge in [-0.3, -0.25) is 9.59 Å². The summed E-state index contributed by atoms with van der Waals surface area (Å²) in [7, 11) is -3.79. The molecular formula is C22H27NO7S. The molecule has 2 unspecified atom stereocenters. The van der Waals surface area contributed by atoms with Crippen LogP contribution in [0.1, 0.15) is 37.8 Å². The standard InChI is InChI=1S/C22H27NO7S/c1-22(2,3)29-21(25)19(23)18(20(24)28-14-15-9-6-5-7-10-15)16-11-8-12-17(13-16)30-31(4,26)27/h5-13,18-19H,14,23H2,1-4H3. The summed E-state index contributed by atoms with van der Waals surface area (Å²) < 4.78 is 38.5. The van der Waals surface area contributed by atoms with Crippen LogP contribution in [0.3, 0.4) is 0 Å². The van der Waals surface area contributed by atoms with Crippen LogP contribution in [0.2, 0.25) is 0 Å². The molecule has 0 bridgehead atoms. The van der Waals surface area contributed by atoms with E-state index in [9.17, 15) is 18.0 Å². The highest BCUT2D eigenvalue weighted by Gasteiger charge is 2.36. The average molecular weight is 450 g/mol. The van der Waals surface area contributed by atoms with Gasteiger partial charge < -0.3 is 19.4 Å². The van der Waals surface area contributed by atoms with Crippen molar-refractivity contribution in [2.75, 3.05) is 6.26 Å². The zero-order chi connectivity index (χ0) is 23.2. The van der Waals surface area contributed by atoms with Crippen LogP contribution in [0.25, 0.3) is 0 Å². The van der Waals surface area contributed by atoms with Crippen LogP contribution < -0.4 is 9.92 Å². The van der Waals surface area contributed by atoms with Crippen molar-refractivity contribution in [2.45, 2.75) is 44.9 Å². The molecule has 2 rings (SSSR count).